The van der Waals surface area contributed by atoms with Crippen molar-refractivity contribution in [2.45, 2.75) is 45.2 Å². The van der Waals surface area contributed by atoms with E-state index in [4.69, 9.17) is 0 Å². The van der Waals surface area contributed by atoms with Crippen LogP contribution in [0.3, 0.4) is 0 Å². The van der Waals surface area contributed by atoms with E-state index < -0.39 is 0 Å². The summed E-state index contributed by atoms with van der Waals surface area (Å²) >= 11 is 0. The Kier molecular flexibility index (Phi) is 3.64. The number of hydrogen-bond donors (Lipinski definition) is 0. The highest BCUT2D eigenvalue weighted by Crippen LogP contribution is 2.27. The average Bonchev–Trinajstić information content (AvgIpc) is 3.28. The van der Waals surface area contributed by atoms with Gasteiger partial charge in [-0.25, -0.2) is 9.97 Å². The van der Waals surface area contributed by atoms with Gasteiger partial charge >= 0.3 is 0 Å². The molecule has 0 unspecified atom stereocenters. The first kappa shape index (κ1) is 14.1. The first-order valence-corrected chi connectivity index (χ1v) is 8.14. The molecule has 0 bridgehead atoms. The van der Waals surface area contributed by atoms with Crippen LogP contribution in [0.2, 0.25) is 0 Å². The number of nitrogens with zero attached hydrogens (tertiary/aromatic N) is 8. The Labute approximate surface area is 134 Å². The van der Waals surface area contributed by atoms with Crippen LogP contribution < -0.4 is 4.90 Å². The van der Waals surface area contributed by atoms with Crippen molar-refractivity contribution in [2.75, 3.05) is 11.4 Å². The Morgan fingerprint density at radius 2 is 2.22 bits per heavy atom. The van der Waals surface area contributed by atoms with E-state index in [0.29, 0.717) is 11.8 Å². The molecular formula is C15H20N8. The Morgan fingerprint density at radius 3 is 3.04 bits per heavy atom. The molecule has 0 spiro atoms. The zero-order chi connectivity index (χ0) is 15.6. The number of fused-ring (bicyclic) bond motifs is 1. The van der Waals surface area contributed by atoms with Crippen LogP contribution in [-0.4, -0.2) is 46.9 Å². The van der Waals surface area contributed by atoms with Gasteiger partial charge in [0.2, 0.25) is 0 Å². The van der Waals surface area contributed by atoms with Gasteiger partial charge in [0.15, 0.2) is 0 Å². The molecule has 8 heteroatoms. The molecular weight excluding hydrogens is 292 g/mol. The lowest BCUT2D eigenvalue weighted by atomic mass is 10.2. The van der Waals surface area contributed by atoms with E-state index in [1.807, 2.05) is 9.20 Å². The molecule has 3 aromatic rings. The van der Waals surface area contributed by atoms with Crippen molar-refractivity contribution >= 4 is 11.6 Å². The van der Waals surface area contributed by atoms with E-state index in [1.54, 1.807) is 19.0 Å². The highest BCUT2D eigenvalue weighted by Gasteiger charge is 2.28. The summed E-state index contributed by atoms with van der Waals surface area (Å²) in [6, 6.07) is 2.55. The summed E-state index contributed by atoms with van der Waals surface area (Å²) in [7, 11) is 0. The Morgan fingerprint density at radius 1 is 1.26 bits per heavy atom. The van der Waals surface area contributed by atoms with E-state index in [0.717, 1.165) is 43.9 Å². The average molecular weight is 312 g/mol. The van der Waals surface area contributed by atoms with Crippen LogP contribution in [0.15, 0.2) is 25.0 Å². The molecule has 1 aliphatic heterocycles. The third kappa shape index (κ3) is 2.64. The number of aromatic nitrogens is 7. The van der Waals surface area contributed by atoms with E-state index in [1.165, 1.54) is 6.42 Å². The van der Waals surface area contributed by atoms with Gasteiger partial charge in [-0.05, 0) is 19.3 Å². The first-order valence-electron chi connectivity index (χ1n) is 8.14. The third-order valence-corrected chi connectivity index (χ3v) is 4.33. The fourth-order valence-corrected chi connectivity index (χ4v) is 3.30. The first-order chi connectivity index (χ1) is 11.3. The van der Waals surface area contributed by atoms with E-state index in [9.17, 15) is 0 Å². The van der Waals surface area contributed by atoms with Crippen molar-refractivity contribution < 1.29 is 0 Å². The minimum atomic E-state index is 0.390. The van der Waals surface area contributed by atoms with Gasteiger partial charge in [0.1, 0.15) is 24.8 Å². The summed E-state index contributed by atoms with van der Waals surface area (Å²) < 4.78 is 3.74. The summed E-state index contributed by atoms with van der Waals surface area (Å²) in [4.78, 5) is 15.3. The zero-order valence-electron chi connectivity index (χ0n) is 13.2. The summed E-state index contributed by atoms with van der Waals surface area (Å²) in [5, 5.41) is 8.60. The van der Waals surface area contributed by atoms with Gasteiger partial charge in [-0.3, -0.25) is 4.68 Å². The lowest BCUT2D eigenvalue weighted by molar-refractivity contribution is 0.504. The minimum absolute atomic E-state index is 0.390. The van der Waals surface area contributed by atoms with Crippen LogP contribution in [0, 0.1) is 0 Å². The van der Waals surface area contributed by atoms with Gasteiger partial charge in [-0.15, -0.1) is 0 Å². The third-order valence-electron chi connectivity index (χ3n) is 4.33. The van der Waals surface area contributed by atoms with Crippen LogP contribution in [0.5, 0.6) is 0 Å². The monoisotopic (exact) mass is 312 g/mol. The molecule has 8 nitrogen and oxygen atoms in total. The standard InChI is InChI=1S/C15H20N8/c1-2-4-12-7-14(23-15(20-12)17-10-19-23)22-6-3-5-13(22)8-21-11-16-9-18-21/h7,9-11,13H,2-6,8H2,1H3/t13-/m1/s1. The Balaban J connectivity index is 1.70. The van der Waals surface area contributed by atoms with Crippen molar-refractivity contribution in [3.63, 3.8) is 0 Å². The molecule has 0 radical (unpaired) electrons. The fourth-order valence-electron chi connectivity index (χ4n) is 3.30. The molecule has 0 N–H and O–H groups in total. The molecule has 0 amide bonds. The van der Waals surface area contributed by atoms with Crippen LogP contribution in [0.4, 0.5) is 5.82 Å². The minimum Gasteiger partial charge on any atom is -0.352 e. The quantitative estimate of drug-likeness (QED) is 0.707. The van der Waals surface area contributed by atoms with Crippen molar-refractivity contribution in [1.29, 1.82) is 0 Å². The van der Waals surface area contributed by atoms with E-state index >= 15 is 0 Å². The summed E-state index contributed by atoms with van der Waals surface area (Å²) in [6.07, 6.45) is 9.26. The SMILES string of the molecule is CCCc1cc(N2CCC[C@@H]2Cn2cncn2)n2ncnc2n1. The van der Waals surface area contributed by atoms with Crippen LogP contribution in [-0.2, 0) is 13.0 Å². The molecule has 0 saturated carbocycles. The predicted molar refractivity (Wildman–Crippen MR) is 85.2 cm³/mol. The largest absolute Gasteiger partial charge is 0.352 e. The van der Waals surface area contributed by atoms with Gasteiger partial charge in [-0.1, -0.05) is 13.3 Å². The second kappa shape index (κ2) is 5.94. The lowest BCUT2D eigenvalue weighted by Crippen LogP contribution is -2.34. The van der Waals surface area contributed by atoms with Crippen molar-refractivity contribution in [3.05, 3.63) is 30.7 Å². The summed E-state index contributed by atoms with van der Waals surface area (Å²) in [5.41, 5.74) is 1.08. The van der Waals surface area contributed by atoms with Gasteiger partial charge in [0.25, 0.3) is 5.78 Å². The van der Waals surface area contributed by atoms with Crippen LogP contribution in [0.25, 0.3) is 5.78 Å². The molecule has 120 valence electrons. The maximum atomic E-state index is 4.59. The Hall–Kier alpha value is -2.51. The smallest absolute Gasteiger partial charge is 0.254 e. The molecule has 23 heavy (non-hydrogen) atoms. The maximum absolute atomic E-state index is 4.59. The highest BCUT2D eigenvalue weighted by atomic mass is 15.4. The van der Waals surface area contributed by atoms with Crippen molar-refractivity contribution in [1.82, 2.24) is 34.3 Å². The topological polar surface area (TPSA) is 77.0 Å². The molecule has 1 saturated heterocycles. The molecule has 1 fully saturated rings. The molecule has 0 aromatic carbocycles. The number of aryl methyl sites for hydroxylation is 1. The number of anilines is 1. The van der Waals surface area contributed by atoms with Crippen LogP contribution >= 0.6 is 0 Å². The molecule has 1 aliphatic rings. The summed E-state index contributed by atoms with van der Waals surface area (Å²) in [6.45, 7) is 4.02. The molecule has 4 rings (SSSR count). The lowest BCUT2D eigenvalue weighted by Gasteiger charge is -2.27. The predicted octanol–water partition coefficient (Wildman–Crippen LogP) is 1.34. The molecule has 3 aromatic heterocycles. The molecule has 4 heterocycles. The normalized spacial score (nSPS) is 18.1. The fraction of sp³-hybridized carbons (Fsp3) is 0.533. The molecule has 0 aliphatic carbocycles. The zero-order valence-corrected chi connectivity index (χ0v) is 13.2. The van der Waals surface area contributed by atoms with Crippen molar-refractivity contribution in [3.8, 4) is 0 Å². The second-order valence-electron chi connectivity index (χ2n) is 5.93. The van der Waals surface area contributed by atoms with Gasteiger partial charge in [-0.2, -0.15) is 19.7 Å². The van der Waals surface area contributed by atoms with Crippen molar-refractivity contribution in [2.24, 2.45) is 0 Å². The van der Waals surface area contributed by atoms with Gasteiger partial charge in [0, 0.05) is 18.3 Å². The number of hydrogen-bond acceptors (Lipinski definition) is 6. The second-order valence-corrected chi connectivity index (χ2v) is 5.93. The van der Waals surface area contributed by atoms with Gasteiger partial charge in [0.05, 0.1) is 12.6 Å². The maximum Gasteiger partial charge on any atom is 0.254 e. The van der Waals surface area contributed by atoms with Gasteiger partial charge < -0.3 is 4.90 Å². The van der Waals surface area contributed by atoms with E-state index in [-0.39, 0.29) is 0 Å². The molecule has 1 atom stereocenters. The summed E-state index contributed by atoms with van der Waals surface area (Å²) in [5.74, 6) is 1.76. The Bertz CT molecular complexity index is 778. The highest BCUT2D eigenvalue weighted by molar-refractivity contribution is 5.49. The van der Waals surface area contributed by atoms with Crippen LogP contribution in [0.1, 0.15) is 31.9 Å². The number of rotatable bonds is 5. The van der Waals surface area contributed by atoms with E-state index in [2.05, 4.69) is 43.0 Å².